The topological polar surface area (TPSA) is 86.6 Å². The van der Waals surface area contributed by atoms with Crippen molar-refractivity contribution < 1.29 is 19.1 Å². The molecule has 1 amide bonds. The minimum atomic E-state index is -0.516. The summed E-state index contributed by atoms with van der Waals surface area (Å²) in [5, 5.41) is 4.96. The van der Waals surface area contributed by atoms with Gasteiger partial charge in [0.15, 0.2) is 0 Å². The van der Waals surface area contributed by atoms with E-state index in [2.05, 4.69) is 5.32 Å². The standard InChI is InChI=1S/C24H26N2O5S/c1-4-13-31-18-10-8-17(9-11-18)19-15-32-22(21(19)24(29)30-5-2)25-20(27)14-26-12-6-7-16(3)23(26)28/h6-12,15H,4-5,13-14H2,1-3H3,(H,25,27). The molecular formula is C24H26N2O5S. The van der Waals surface area contributed by atoms with Gasteiger partial charge in [-0.2, -0.15) is 0 Å². The van der Waals surface area contributed by atoms with Gasteiger partial charge in [-0.15, -0.1) is 11.3 Å². The average Bonchev–Trinajstić information content (AvgIpc) is 3.19. The van der Waals surface area contributed by atoms with Gasteiger partial charge in [0.25, 0.3) is 5.56 Å². The van der Waals surface area contributed by atoms with Crippen molar-refractivity contribution in [3.8, 4) is 16.9 Å². The summed E-state index contributed by atoms with van der Waals surface area (Å²) in [6, 6.07) is 10.8. The number of hydrogen-bond acceptors (Lipinski definition) is 6. The van der Waals surface area contributed by atoms with Crippen LogP contribution in [0.5, 0.6) is 5.75 Å². The minimum absolute atomic E-state index is 0.153. The van der Waals surface area contributed by atoms with Crippen molar-refractivity contribution in [2.45, 2.75) is 33.7 Å². The number of nitrogens with one attached hydrogen (secondary N) is 1. The van der Waals surface area contributed by atoms with Crippen molar-refractivity contribution in [1.82, 2.24) is 4.57 Å². The van der Waals surface area contributed by atoms with Gasteiger partial charge in [-0.1, -0.05) is 25.1 Å². The Labute approximate surface area is 190 Å². The first-order chi connectivity index (χ1) is 15.4. The summed E-state index contributed by atoms with van der Waals surface area (Å²) in [4.78, 5) is 37.6. The molecule has 3 rings (SSSR count). The van der Waals surface area contributed by atoms with Gasteiger partial charge in [0.1, 0.15) is 22.9 Å². The largest absolute Gasteiger partial charge is 0.494 e. The van der Waals surface area contributed by atoms with Crippen molar-refractivity contribution in [2.24, 2.45) is 0 Å². The summed E-state index contributed by atoms with van der Waals surface area (Å²) in [7, 11) is 0. The van der Waals surface area contributed by atoms with Crippen molar-refractivity contribution in [3.05, 3.63) is 69.5 Å². The van der Waals surface area contributed by atoms with E-state index >= 15 is 0 Å². The van der Waals surface area contributed by atoms with Gasteiger partial charge >= 0.3 is 5.97 Å². The van der Waals surface area contributed by atoms with Crippen LogP contribution < -0.4 is 15.6 Å². The van der Waals surface area contributed by atoms with Gasteiger partial charge in [0.05, 0.1) is 13.2 Å². The normalized spacial score (nSPS) is 10.6. The molecule has 3 aromatic rings. The predicted molar refractivity (Wildman–Crippen MR) is 126 cm³/mol. The van der Waals surface area contributed by atoms with E-state index in [0.717, 1.165) is 17.7 Å². The fraction of sp³-hybridized carbons (Fsp3) is 0.292. The third-order valence-corrected chi connectivity index (χ3v) is 5.58. The molecule has 1 N–H and O–H groups in total. The minimum Gasteiger partial charge on any atom is -0.494 e. The number of benzene rings is 1. The first kappa shape index (κ1) is 23.3. The Balaban J connectivity index is 1.87. The van der Waals surface area contributed by atoms with E-state index < -0.39 is 11.9 Å². The summed E-state index contributed by atoms with van der Waals surface area (Å²) in [5.74, 6) is -0.168. The van der Waals surface area contributed by atoms with Crippen molar-refractivity contribution in [1.29, 1.82) is 0 Å². The van der Waals surface area contributed by atoms with Crippen LogP contribution in [-0.2, 0) is 16.1 Å². The summed E-state index contributed by atoms with van der Waals surface area (Å²) >= 11 is 1.24. The SMILES string of the molecule is CCCOc1ccc(-c2csc(NC(=O)Cn3cccc(C)c3=O)c2C(=O)OCC)cc1. The fourth-order valence-electron chi connectivity index (χ4n) is 3.12. The zero-order valence-corrected chi connectivity index (χ0v) is 19.2. The molecule has 168 valence electrons. The molecule has 0 unspecified atom stereocenters. The zero-order valence-electron chi connectivity index (χ0n) is 18.3. The van der Waals surface area contributed by atoms with Crippen molar-refractivity contribution in [2.75, 3.05) is 18.5 Å². The van der Waals surface area contributed by atoms with Gasteiger partial charge in [-0.3, -0.25) is 9.59 Å². The van der Waals surface area contributed by atoms with E-state index in [-0.39, 0.29) is 18.7 Å². The van der Waals surface area contributed by atoms with E-state index in [0.29, 0.717) is 28.3 Å². The van der Waals surface area contributed by atoms with E-state index in [9.17, 15) is 14.4 Å². The third kappa shape index (κ3) is 5.45. The summed E-state index contributed by atoms with van der Waals surface area (Å²) < 4.78 is 12.2. The molecular weight excluding hydrogens is 428 g/mol. The van der Waals surface area contributed by atoms with E-state index in [1.807, 2.05) is 36.6 Å². The van der Waals surface area contributed by atoms with Crippen LogP contribution in [0.3, 0.4) is 0 Å². The van der Waals surface area contributed by atoms with Crippen LogP contribution in [0.2, 0.25) is 0 Å². The Kier molecular flexibility index (Phi) is 7.83. The second kappa shape index (κ2) is 10.8. The lowest BCUT2D eigenvalue weighted by molar-refractivity contribution is -0.116. The van der Waals surface area contributed by atoms with Gasteiger partial charge in [-0.25, -0.2) is 4.79 Å². The molecule has 0 atom stereocenters. The summed E-state index contributed by atoms with van der Waals surface area (Å²) in [5.41, 5.74) is 2.09. The Morgan fingerprint density at radius 1 is 1.12 bits per heavy atom. The van der Waals surface area contributed by atoms with Gasteiger partial charge in [0.2, 0.25) is 5.91 Å². The van der Waals surface area contributed by atoms with E-state index in [4.69, 9.17) is 9.47 Å². The van der Waals surface area contributed by atoms with Gasteiger partial charge in [-0.05, 0) is 44.0 Å². The number of esters is 1. The molecule has 2 aromatic heterocycles. The molecule has 0 radical (unpaired) electrons. The summed E-state index contributed by atoms with van der Waals surface area (Å²) in [6.07, 6.45) is 2.47. The highest BCUT2D eigenvalue weighted by molar-refractivity contribution is 7.15. The Morgan fingerprint density at radius 2 is 1.88 bits per heavy atom. The number of anilines is 1. The fourth-order valence-corrected chi connectivity index (χ4v) is 4.09. The quantitative estimate of drug-likeness (QED) is 0.482. The van der Waals surface area contributed by atoms with Crippen molar-refractivity contribution in [3.63, 3.8) is 0 Å². The molecule has 7 nitrogen and oxygen atoms in total. The van der Waals surface area contributed by atoms with E-state index in [1.165, 1.54) is 15.9 Å². The molecule has 0 aliphatic carbocycles. The molecule has 0 fully saturated rings. The highest BCUT2D eigenvalue weighted by Gasteiger charge is 2.23. The van der Waals surface area contributed by atoms with Crippen LogP contribution in [0.1, 0.15) is 36.2 Å². The van der Waals surface area contributed by atoms with Gasteiger partial charge < -0.3 is 19.4 Å². The number of rotatable bonds is 9. The summed E-state index contributed by atoms with van der Waals surface area (Å²) in [6.45, 7) is 6.15. The van der Waals surface area contributed by atoms with Crippen LogP contribution in [0.15, 0.2) is 52.8 Å². The molecule has 0 aliphatic heterocycles. The van der Waals surface area contributed by atoms with E-state index in [1.54, 1.807) is 32.2 Å². The molecule has 0 spiro atoms. The number of nitrogens with zero attached hydrogens (tertiary/aromatic N) is 1. The smallest absolute Gasteiger partial charge is 0.341 e. The Bertz CT molecular complexity index is 1150. The molecule has 0 saturated carbocycles. The number of amides is 1. The number of carbonyl (C=O) groups excluding carboxylic acids is 2. The maximum Gasteiger partial charge on any atom is 0.341 e. The molecule has 0 aliphatic rings. The molecule has 8 heteroatoms. The second-order valence-electron chi connectivity index (χ2n) is 7.12. The third-order valence-electron chi connectivity index (χ3n) is 4.69. The van der Waals surface area contributed by atoms with Crippen molar-refractivity contribution >= 4 is 28.2 Å². The number of carbonyl (C=O) groups is 2. The first-order valence-corrected chi connectivity index (χ1v) is 11.3. The molecule has 0 bridgehead atoms. The number of thiophene rings is 1. The van der Waals surface area contributed by atoms with Crippen LogP contribution in [-0.4, -0.2) is 29.7 Å². The Hall–Kier alpha value is -3.39. The monoisotopic (exact) mass is 454 g/mol. The number of ether oxygens (including phenoxy) is 2. The highest BCUT2D eigenvalue weighted by atomic mass is 32.1. The first-order valence-electron chi connectivity index (χ1n) is 10.4. The predicted octanol–water partition coefficient (Wildman–Crippen LogP) is 4.49. The zero-order chi connectivity index (χ0) is 23.1. The number of hydrogen-bond donors (Lipinski definition) is 1. The highest BCUT2D eigenvalue weighted by Crippen LogP contribution is 2.37. The van der Waals surface area contributed by atoms with Crippen LogP contribution in [0, 0.1) is 6.92 Å². The van der Waals surface area contributed by atoms with Gasteiger partial charge in [0, 0.05) is 22.7 Å². The lowest BCUT2D eigenvalue weighted by Crippen LogP contribution is -2.28. The maximum absolute atomic E-state index is 12.7. The second-order valence-corrected chi connectivity index (χ2v) is 8.00. The van der Waals surface area contributed by atoms with Crippen LogP contribution in [0.4, 0.5) is 5.00 Å². The van der Waals surface area contributed by atoms with Crippen LogP contribution in [0.25, 0.3) is 11.1 Å². The molecule has 0 saturated heterocycles. The number of pyridine rings is 1. The molecule has 32 heavy (non-hydrogen) atoms. The molecule has 1 aromatic carbocycles. The number of aryl methyl sites for hydroxylation is 1. The average molecular weight is 455 g/mol. The maximum atomic E-state index is 12.7. The van der Waals surface area contributed by atoms with Crippen LogP contribution >= 0.6 is 11.3 Å². The Morgan fingerprint density at radius 3 is 2.56 bits per heavy atom. The molecule has 2 heterocycles. The lowest BCUT2D eigenvalue weighted by Gasteiger charge is -2.10. The number of aromatic nitrogens is 1. The lowest BCUT2D eigenvalue weighted by atomic mass is 10.0.